The number of Topliss-reactive ketones (excluding diaryl/α,β-unsaturated/α-hetero) is 1. The highest BCUT2D eigenvalue weighted by atomic mass is 16.6. The molecular formula is C12H17N3O4. The number of hydrogen-bond donors (Lipinski definition) is 2. The van der Waals surface area contributed by atoms with E-state index < -0.39 is 4.92 Å². The van der Waals surface area contributed by atoms with Crippen LogP contribution >= 0.6 is 0 Å². The summed E-state index contributed by atoms with van der Waals surface area (Å²) in [6.45, 7) is 2.07. The third-order valence-electron chi connectivity index (χ3n) is 3.45. The number of nitro groups is 1. The Morgan fingerprint density at radius 2 is 2.42 bits per heavy atom. The molecule has 7 nitrogen and oxygen atoms in total. The van der Waals surface area contributed by atoms with Crippen molar-refractivity contribution in [2.45, 2.75) is 12.8 Å². The molecule has 1 unspecified atom stereocenters. The van der Waals surface area contributed by atoms with Crippen LogP contribution in [0.15, 0.2) is 12.3 Å². The van der Waals surface area contributed by atoms with E-state index in [4.69, 9.17) is 5.11 Å². The van der Waals surface area contributed by atoms with E-state index >= 15 is 0 Å². The molecule has 19 heavy (non-hydrogen) atoms. The van der Waals surface area contributed by atoms with Gasteiger partial charge in [-0.3, -0.25) is 19.8 Å². The maximum absolute atomic E-state index is 12.0. The van der Waals surface area contributed by atoms with Crippen LogP contribution in [0.4, 0.5) is 5.69 Å². The molecule has 0 radical (unpaired) electrons. The largest absolute Gasteiger partial charge is 0.396 e. The number of likely N-dealkylation sites (tertiary alicyclic amines) is 1. The first-order valence-electron chi connectivity index (χ1n) is 6.29. The molecule has 0 aromatic carbocycles. The van der Waals surface area contributed by atoms with Gasteiger partial charge in [-0.25, -0.2) is 0 Å². The van der Waals surface area contributed by atoms with E-state index in [0.29, 0.717) is 5.92 Å². The molecule has 1 atom stereocenters. The molecule has 1 aromatic rings. The summed E-state index contributed by atoms with van der Waals surface area (Å²) in [4.78, 5) is 26.6. The molecule has 2 heterocycles. The SMILES string of the molecule is O=C(CN1CCC(CCO)C1)c1cc([N+](=O)[O-])c[nH]1. The zero-order valence-corrected chi connectivity index (χ0v) is 10.5. The van der Waals surface area contributed by atoms with Crippen molar-refractivity contribution < 1.29 is 14.8 Å². The summed E-state index contributed by atoms with van der Waals surface area (Å²) in [5.41, 5.74) is 0.181. The van der Waals surface area contributed by atoms with Gasteiger partial charge in [-0.1, -0.05) is 0 Å². The van der Waals surface area contributed by atoms with Gasteiger partial charge in [0.2, 0.25) is 0 Å². The van der Waals surface area contributed by atoms with Crippen LogP contribution in [-0.4, -0.2) is 51.9 Å². The van der Waals surface area contributed by atoms with Crippen LogP contribution in [0.25, 0.3) is 0 Å². The minimum Gasteiger partial charge on any atom is -0.396 e. The second-order valence-electron chi connectivity index (χ2n) is 4.85. The fourth-order valence-electron chi connectivity index (χ4n) is 2.41. The Balaban J connectivity index is 1.89. The molecule has 0 aliphatic carbocycles. The molecule has 1 aliphatic heterocycles. The number of rotatable bonds is 6. The first kappa shape index (κ1) is 13.7. The molecular weight excluding hydrogens is 250 g/mol. The summed E-state index contributed by atoms with van der Waals surface area (Å²) in [6.07, 6.45) is 2.98. The van der Waals surface area contributed by atoms with Gasteiger partial charge in [0.25, 0.3) is 5.69 Å². The molecule has 0 amide bonds. The van der Waals surface area contributed by atoms with E-state index in [-0.39, 0.29) is 30.3 Å². The topological polar surface area (TPSA) is 99.5 Å². The first-order valence-corrected chi connectivity index (χ1v) is 6.29. The molecule has 1 fully saturated rings. The van der Waals surface area contributed by atoms with Crippen LogP contribution in [0, 0.1) is 16.0 Å². The molecule has 2 N–H and O–H groups in total. The second kappa shape index (κ2) is 5.94. The Morgan fingerprint density at radius 1 is 1.63 bits per heavy atom. The quantitative estimate of drug-likeness (QED) is 0.451. The standard InChI is InChI=1S/C12H17N3O4/c16-4-2-9-1-3-14(7-9)8-12(17)11-5-10(6-13-11)15(18)19/h5-6,9,13,16H,1-4,7-8H2. The second-order valence-corrected chi connectivity index (χ2v) is 4.85. The van der Waals surface area contributed by atoms with Crippen molar-refractivity contribution >= 4 is 11.5 Å². The number of carbonyl (C=O) groups excluding carboxylic acids is 1. The van der Waals surface area contributed by atoms with Crippen LogP contribution in [0.3, 0.4) is 0 Å². The minimum atomic E-state index is -0.527. The van der Waals surface area contributed by atoms with Crippen molar-refractivity contribution in [1.82, 2.24) is 9.88 Å². The van der Waals surface area contributed by atoms with Crippen LogP contribution < -0.4 is 0 Å². The highest BCUT2D eigenvalue weighted by molar-refractivity contribution is 5.96. The molecule has 1 aliphatic rings. The van der Waals surface area contributed by atoms with Crippen molar-refractivity contribution in [1.29, 1.82) is 0 Å². The van der Waals surface area contributed by atoms with E-state index in [1.54, 1.807) is 0 Å². The summed E-state index contributed by atoms with van der Waals surface area (Å²) < 4.78 is 0. The van der Waals surface area contributed by atoms with Crippen LogP contribution in [0.2, 0.25) is 0 Å². The number of aromatic nitrogens is 1. The third-order valence-corrected chi connectivity index (χ3v) is 3.45. The fraction of sp³-hybridized carbons (Fsp3) is 0.583. The summed E-state index contributed by atoms with van der Waals surface area (Å²) >= 11 is 0. The number of H-pyrrole nitrogens is 1. The summed E-state index contributed by atoms with van der Waals surface area (Å²) in [5, 5.41) is 19.4. The average Bonchev–Trinajstić information content (AvgIpc) is 2.98. The van der Waals surface area contributed by atoms with Gasteiger partial charge in [0, 0.05) is 19.2 Å². The molecule has 2 rings (SSSR count). The zero-order valence-electron chi connectivity index (χ0n) is 10.5. The van der Waals surface area contributed by atoms with Crippen LogP contribution in [0.5, 0.6) is 0 Å². The summed E-state index contributed by atoms with van der Waals surface area (Å²) in [7, 11) is 0. The van der Waals surface area contributed by atoms with Crippen LogP contribution in [-0.2, 0) is 0 Å². The number of aliphatic hydroxyl groups is 1. The van der Waals surface area contributed by atoms with E-state index in [1.165, 1.54) is 12.3 Å². The van der Waals surface area contributed by atoms with Gasteiger partial charge in [0.1, 0.15) is 0 Å². The number of carbonyl (C=O) groups is 1. The molecule has 0 spiro atoms. The number of hydrogen-bond acceptors (Lipinski definition) is 5. The lowest BCUT2D eigenvalue weighted by Gasteiger charge is -2.14. The van der Waals surface area contributed by atoms with Crippen molar-refractivity contribution in [2.75, 3.05) is 26.2 Å². The number of nitrogens with one attached hydrogen (secondary N) is 1. The zero-order chi connectivity index (χ0) is 13.8. The van der Waals surface area contributed by atoms with Gasteiger partial charge >= 0.3 is 0 Å². The van der Waals surface area contributed by atoms with Gasteiger partial charge in [-0.05, 0) is 25.3 Å². The molecule has 7 heteroatoms. The van der Waals surface area contributed by atoms with E-state index in [0.717, 1.165) is 25.9 Å². The van der Waals surface area contributed by atoms with Crippen molar-refractivity contribution in [3.63, 3.8) is 0 Å². The Kier molecular flexibility index (Phi) is 4.28. The third kappa shape index (κ3) is 3.39. The highest BCUT2D eigenvalue weighted by Gasteiger charge is 2.24. The normalized spacial score (nSPS) is 19.7. The number of aromatic amines is 1. The van der Waals surface area contributed by atoms with Gasteiger partial charge < -0.3 is 10.1 Å². The molecule has 1 aromatic heterocycles. The number of nitrogens with zero attached hydrogens (tertiary/aromatic N) is 2. The predicted octanol–water partition coefficient (Wildman–Crippen LogP) is 0.810. The Bertz CT molecular complexity index is 471. The maximum atomic E-state index is 12.0. The highest BCUT2D eigenvalue weighted by Crippen LogP contribution is 2.20. The molecule has 0 bridgehead atoms. The van der Waals surface area contributed by atoms with E-state index in [1.807, 2.05) is 4.90 Å². The Morgan fingerprint density at radius 3 is 3.05 bits per heavy atom. The van der Waals surface area contributed by atoms with Gasteiger partial charge in [0.15, 0.2) is 5.78 Å². The smallest absolute Gasteiger partial charge is 0.287 e. The summed E-state index contributed by atoms with van der Waals surface area (Å²) in [5.74, 6) is 0.300. The summed E-state index contributed by atoms with van der Waals surface area (Å²) in [6, 6.07) is 1.27. The van der Waals surface area contributed by atoms with Crippen molar-refractivity contribution in [3.05, 3.63) is 28.1 Å². The average molecular weight is 267 g/mol. The van der Waals surface area contributed by atoms with Crippen molar-refractivity contribution in [3.8, 4) is 0 Å². The maximum Gasteiger partial charge on any atom is 0.287 e. The molecule has 1 saturated heterocycles. The first-order chi connectivity index (χ1) is 9.10. The van der Waals surface area contributed by atoms with Crippen molar-refractivity contribution in [2.24, 2.45) is 5.92 Å². The van der Waals surface area contributed by atoms with Gasteiger partial charge in [0.05, 0.1) is 23.4 Å². The predicted molar refractivity (Wildman–Crippen MR) is 68.0 cm³/mol. The lowest BCUT2D eigenvalue weighted by molar-refractivity contribution is -0.384. The number of aliphatic hydroxyl groups excluding tert-OH is 1. The minimum absolute atomic E-state index is 0.0945. The Hall–Kier alpha value is -1.73. The van der Waals surface area contributed by atoms with Gasteiger partial charge in [-0.2, -0.15) is 0 Å². The van der Waals surface area contributed by atoms with Gasteiger partial charge in [-0.15, -0.1) is 0 Å². The van der Waals surface area contributed by atoms with E-state index in [2.05, 4.69) is 4.98 Å². The molecule has 104 valence electrons. The Labute approximate surface area is 110 Å². The fourth-order valence-corrected chi connectivity index (χ4v) is 2.41. The number of ketones is 1. The lowest BCUT2D eigenvalue weighted by atomic mass is 10.1. The monoisotopic (exact) mass is 267 g/mol. The lowest BCUT2D eigenvalue weighted by Crippen LogP contribution is -2.28. The molecule has 0 saturated carbocycles. The van der Waals surface area contributed by atoms with Crippen LogP contribution in [0.1, 0.15) is 23.3 Å². The van der Waals surface area contributed by atoms with E-state index in [9.17, 15) is 14.9 Å².